The predicted octanol–water partition coefficient (Wildman–Crippen LogP) is 3.05. The zero-order valence-corrected chi connectivity index (χ0v) is 10.6. The lowest BCUT2D eigenvalue weighted by atomic mass is 9.94. The molecule has 0 saturated heterocycles. The van der Waals surface area contributed by atoms with Crippen molar-refractivity contribution in [3.8, 4) is 0 Å². The number of hydrogen-bond acceptors (Lipinski definition) is 2. The van der Waals surface area contributed by atoms with Crippen LogP contribution in [0, 0.1) is 5.82 Å². The molecule has 0 aliphatic rings. The first-order chi connectivity index (χ1) is 6.75. The topological polar surface area (TPSA) is 40.5 Å². The summed E-state index contributed by atoms with van der Waals surface area (Å²) in [5, 5.41) is 19.1. The van der Waals surface area contributed by atoms with Gasteiger partial charge in [-0.2, -0.15) is 0 Å². The molecule has 0 aliphatic heterocycles. The van der Waals surface area contributed by atoms with E-state index in [-0.39, 0.29) is 10.6 Å². The smallest absolute Gasteiger partial charge is 0.148 e. The van der Waals surface area contributed by atoms with Crippen LogP contribution in [0.25, 0.3) is 0 Å². The van der Waals surface area contributed by atoms with E-state index in [1.54, 1.807) is 0 Å². The van der Waals surface area contributed by atoms with Crippen LogP contribution in [0.2, 0.25) is 5.02 Å². The Morgan fingerprint density at radius 3 is 2.47 bits per heavy atom. The quantitative estimate of drug-likeness (QED) is 0.824. The average molecular weight is 298 g/mol. The lowest BCUT2D eigenvalue weighted by Crippen LogP contribution is -2.29. The maximum absolute atomic E-state index is 13.6. The summed E-state index contributed by atoms with van der Waals surface area (Å²) in [6.07, 6.45) is -1.32. The highest BCUT2D eigenvalue weighted by atomic mass is 79.9. The number of aliphatic hydroxyl groups excluding tert-OH is 1. The summed E-state index contributed by atoms with van der Waals surface area (Å²) < 4.78 is 14.0. The van der Waals surface area contributed by atoms with Crippen molar-refractivity contribution in [3.63, 3.8) is 0 Å². The van der Waals surface area contributed by atoms with Crippen molar-refractivity contribution < 1.29 is 14.6 Å². The summed E-state index contributed by atoms with van der Waals surface area (Å²) >= 11 is 8.73. The normalized spacial score (nSPS) is 14.1. The van der Waals surface area contributed by atoms with E-state index in [1.165, 1.54) is 26.0 Å². The molecule has 1 rings (SSSR count). The third kappa shape index (κ3) is 2.69. The van der Waals surface area contributed by atoms with Gasteiger partial charge in [-0.3, -0.25) is 0 Å². The van der Waals surface area contributed by atoms with Crippen molar-refractivity contribution in [1.82, 2.24) is 0 Å². The average Bonchev–Trinajstić information content (AvgIpc) is 2.12. The molecule has 5 heteroatoms. The minimum absolute atomic E-state index is 0.0179. The molecule has 0 bridgehead atoms. The summed E-state index contributed by atoms with van der Waals surface area (Å²) in [6, 6.07) is 2.91. The van der Waals surface area contributed by atoms with Gasteiger partial charge in [0.25, 0.3) is 0 Å². The van der Waals surface area contributed by atoms with E-state index in [0.29, 0.717) is 4.47 Å². The third-order valence-electron chi connectivity index (χ3n) is 2.03. The maximum Gasteiger partial charge on any atom is 0.148 e. The first kappa shape index (κ1) is 12.9. The molecule has 0 aromatic heterocycles. The van der Waals surface area contributed by atoms with Gasteiger partial charge < -0.3 is 10.2 Å². The second-order valence-corrected chi connectivity index (χ2v) is 5.05. The molecule has 15 heavy (non-hydrogen) atoms. The van der Waals surface area contributed by atoms with Gasteiger partial charge >= 0.3 is 0 Å². The fraction of sp³-hybridized carbons (Fsp3) is 0.400. The SMILES string of the molecule is CC(C)(O)C(O)c1ccc(Br)c(Cl)c1F. The second-order valence-electron chi connectivity index (χ2n) is 3.82. The number of hydrogen-bond donors (Lipinski definition) is 2. The summed E-state index contributed by atoms with van der Waals surface area (Å²) in [5.74, 6) is -0.722. The van der Waals surface area contributed by atoms with Crippen LogP contribution in [0.15, 0.2) is 16.6 Å². The molecule has 1 atom stereocenters. The van der Waals surface area contributed by atoms with Crippen molar-refractivity contribution in [2.24, 2.45) is 0 Å². The van der Waals surface area contributed by atoms with E-state index in [9.17, 15) is 14.6 Å². The molecule has 0 amide bonds. The van der Waals surface area contributed by atoms with E-state index in [4.69, 9.17) is 11.6 Å². The molecule has 0 fully saturated rings. The van der Waals surface area contributed by atoms with E-state index < -0.39 is 17.5 Å². The lowest BCUT2D eigenvalue weighted by molar-refractivity contribution is -0.0512. The van der Waals surface area contributed by atoms with Crippen LogP contribution in [0.5, 0.6) is 0 Å². The number of halogens is 3. The largest absolute Gasteiger partial charge is 0.387 e. The second kappa shape index (κ2) is 4.37. The standard InChI is InChI=1S/C10H11BrClFO2/c1-10(2,15)9(14)5-3-4-6(11)7(12)8(5)13/h3-4,9,14-15H,1-2H3. The summed E-state index contributed by atoms with van der Waals surface area (Å²) in [4.78, 5) is 0. The number of benzene rings is 1. The van der Waals surface area contributed by atoms with E-state index in [0.717, 1.165) is 0 Å². The molecule has 0 heterocycles. The first-order valence-corrected chi connectivity index (χ1v) is 5.46. The minimum atomic E-state index is -1.42. The highest BCUT2D eigenvalue weighted by molar-refractivity contribution is 9.10. The van der Waals surface area contributed by atoms with Crippen molar-refractivity contribution >= 4 is 27.5 Å². The number of rotatable bonds is 2. The zero-order chi connectivity index (χ0) is 11.8. The van der Waals surface area contributed by atoms with Gasteiger partial charge in [0.15, 0.2) is 0 Å². The van der Waals surface area contributed by atoms with Gasteiger partial charge in [-0.15, -0.1) is 0 Å². The van der Waals surface area contributed by atoms with Crippen molar-refractivity contribution in [1.29, 1.82) is 0 Å². The molecule has 1 aromatic rings. The maximum atomic E-state index is 13.6. The van der Waals surface area contributed by atoms with Gasteiger partial charge in [-0.05, 0) is 35.8 Å². The molecule has 84 valence electrons. The van der Waals surface area contributed by atoms with Crippen LogP contribution in [-0.2, 0) is 0 Å². The lowest BCUT2D eigenvalue weighted by Gasteiger charge is -2.25. The Bertz CT molecular complexity index is 376. The Balaban J connectivity index is 3.23. The van der Waals surface area contributed by atoms with Crippen LogP contribution in [0.3, 0.4) is 0 Å². The monoisotopic (exact) mass is 296 g/mol. The summed E-state index contributed by atoms with van der Waals surface area (Å²) in [5.41, 5.74) is -1.44. The number of aliphatic hydroxyl groups is 2. The zero-order valence-electron chi connectivity index (χ0n) is 8.26. The van der Waals surface area contributed by atoms with Gasteiger partial charge in [-0.1, -0.05) is 17.7 Å². The highest BCUT2D eigenvalue weighted by Crippen LogP contribution is 2.34. The van der Waals surface area contributed by atoms with Crippen LogP contribution in [0.4, 0.5) is 4.39 Å². The Morgan fingerprint density at radius 2 is 2.00 bits per heavy atom. The summed E-state index contributed by atoms with van der Waals surface area (Å²) in [6.45, 7) is 2.79. The molecule has 0 aliphatic carbocycles. The summed E-state index contributed by atoms with van der Waals surface area (Å²) in [7, 11) is 0. The van der Waals surface area contributed by atoms with E-state index >= 15 is 0 Å². The highest BCUT2D eigenvalue weighted by Gasteiger charge is 2.29. The van der Waals surface area contributed by atoms with Gasteiger partial charge in [0, 0.05) is 10.0 Å². The molecule has 2 N–H and O–H groups in total. The van der Waals surface area contributed by atoms with Crippen LogP contribution in [0.1, 0.15) is 25.5 Å². The molecule has 2 nitrogen and oxygen atoms in total. The Labute approximate surface area is 101 Å². The van der Waals surface area contributed by atoms with Crippen molar-refractivity contribution in [2.45, 2.75) is 25.6 Å². The van der Waals surface area contributed by atoms with E-state index in [1.807, 2.05) is 0 Å². The minimum Gasteiger partial charge on any atom is -0.387 e. The Kier molecular flexibility index (Phi) is 3.76. The Hall–Kier alpha value is -0.160. The van der Waals surface area contributed by atoms with Gasteiger partial charge in [0.1, 0.15) is 11.9 Å². The molecule has 1 unspecified atom stereocenters. The van der Waals surface area contributed by atoms with Crippen LogP contribution < -0.4 is 0 Å². The fourth-order valence-electron chi connectivity index (χ4n) is 1.13. The first-order valence-electron chi connectivity index (χ1n) is 4.29. The van der Waals surface area contributed by atoms with Gasteiger partial charge in [0.05, 0.1) is 10.6 Å². The molecular formula is C10H11BrClFO2. The molecule has 0 saturated carbocycles. The van der Waals surface area contributed by atoms with E-state index in [2.05, 4.69) is 15.9 Å². The van der Waals surface area contributed by atoms with Crippen LogP contribution in [-0.4, -0.2) is 15.8 Å². The van der Waals surface area contributed by atoms with Gasteiger partial charge in [0.2, 0.25) is 0 Å². The van der Waals surface area contributed by atoms with Crippen molar-refractivity contribution in [2.75, 3.05) is 0 Å². The van der Waals surface area contributed by atoms with Crippen LogP contribution >= 0.6 is 27.5 Å². The van der Waals surface area contributed by atoms with Crippen molar-refractivity contribution in [3.05, 3.63) is 33.0 Å². The fourth-order valence-corrected chi connectivity index (χ4v) is 1.61. The third-order valence-corrected chi connectivity index (χ3v) is 3.29. The molecule has 0 spiro atoms. The predicted molar refractivity (Wildman–Crippen MR) is 60.4 cm³/mol. The molecule has 0 radical (unpaired) electrons. The van der Waals surface area contributed by atoms with Gasteiger partial charge in [-0.25, -0.2) is 4.39 Å². The Morgan fingerprint density at radius 1 is 1.47 bits per heavy atom. The molecular weight excluding hydrogens is 286 g/mol. The molecule has 1 aromatic carbocycles.